The molecule has 0 fully saturated rings. The van der Waals surface area contributed by atoms with Crippen LogP contribution in [0.5, 0.6) is 5.75 Å². The van der Waals surface area contributed by atoms with Gasteiger partial charge in [-0.1, -0.05) is 12.1 Å². The highest BCUT2D eigenvalue weighted by Crippen LogP contribution is 2.33. The van der Waals surface area contributed by atoms with Gasteiger partial charge in [0.25, 0.3) is 0 Å². The number of benzene rings is 1. The van der Waals surface area contributed by atoms with Crippen molar-refractivity contribution in [3.63, 3.8) is 0 Å². The van der Waals surface area contributed by atoms with Gasteiger partial charge in [-0.2, -0.15) is 0 Å². The predicted octanol–water partition coefficient (Wildman–Crippen LogP) is 0.933. The number of hydrogen-bond donors (Lipinski definition) is 1. The molecule has 1 aromatic carbocycles. The molecule has 0 saturated heterocycles. The fourth-order valence-corrected chi connectivity index (χ4v) is 3.06. The Morgan fingerprint density at radius 1 is 1.29 bits per heavy atom. The molecule has 1 heterocycles. The largest absolute Gasteiger partial charge is 0.494 e. The Morgan fingerprint density at radius 3 is 2.38 bits per heavy atom. The first-order valence-electron chi connectivity index (χ1n) is 6.16. The number of aromatic nitrogens is 2. The molecule has 2 aromatic rings. The Kier molecular flexibility index (Phi) is 3.82. The molecule has 0 atom stereocenters. The SMILES string of the molecule is COc1ccccc1-n1nc(N(C)C)c(S(C)(=O)=O)c1N. The van der Waals surface area contributed by atoms with Crippen molar-refractivity contribution in [2.24, 2.45) is 0 Å². The van der Waals surface area contributed by atoms with Crippen LogP contribution in [-0.4, -0.2) is 45.7 Å². The zero-order valence-electron chi connectivity index (χ0n) is 12.4. The monoisotopic (exact) mass is 310 g/mol. The van der Waals surface area contributed by atoms with Crippen molar-refractivity contribution in [3.05, 3.63) is 24.3 Å². The van der Waals surface area contributed by atoms with Gasteiger partial charge >= 0.3 is 0 Å². The highest BCUT2D eigenvalue weighted by molar-refractivity contribution is 7.91. The lowest BCUT2D eigenvalue weighted by Gasteiger charge is -2.10. The highest BCUT2D eigenvalue weighted by atomic mass is 32.2. The number of para-hydroxylation sites is 2. The normalized spacial score (nSPS) is 11.4. The summed E-state index contributed by atoms with van der Waals surface area (Å²) in [5.74, 6) is 0.906. The zero-order chi connectivity index (χ0) is 15.8. The van der Waals surface area contributed by atoms with E-state index in [1.54, 1.807) is 37.2 Å². The molecule has 1 aromatic heterocycles. The summed E-state index contributed by atoms with van der Waals surface area (Å²) in [7, 11) is 1.45. The number of methoxy groups -OCH3 is 1. The molecular weight excluding hydrogens is 292 g/mol. The summed E-state index contributed by atoms with van der Waals surface area (Å²) in [6, 6.07) is 7.13. The summed E-state index contributed by atoms with van der Waals surface area (Å²) in [6.45, 7) is 0. The summed E-state index contributed by atoms with van der Waals surface area (Å²) < 4.78 is 30.6. The number of anilines is 2. The van der Waals surface area contributed by atoms with Crippen LogP contribution in [0.25, 0.3) is 5.69 Å². The molecule has 21 heavy (non-hydrogen) atoms. The van der Waals surface area contributed by atoms with E-state index in [4.69, 9.17) is 10.5 Å². The van der Waals surface area contributed by atoms with Gasteiger partial charge in [0.05, 0.1) is 7.11 Å². The van der Waals surface area contributed by atoms with Crippen LogP contribution in [0.4, 0.5) is 11.6 Å². The Balaban J connectivity index is 2.78. The Hall–Kier alpha value is -2.22. The number of nitrogens with two attached hydrogens (primary N) is 1. The molecule has 2 N–H and O–H groups in total. The minimum absolute atomic E-state index is 0.0124. The van der Waals surface area contributed by atoms with E-state index >= 15 is 0 Å². The third-order valence-corrected chi connectivity index (χ3v) is 4.10. The maximum absolute atomic E-state index is 12.0. The molecule has 0 radical (unpaired) electrons. The zero-order valence-corrected chi connectivity index (χ0v) is 13.2. The lowest BCUT2D eigenvalue weighted by atomic mass is 10.3. The number of hydrogen-bond acceptors (Lipinski definition) is 6. The fraction of sp³-hybridized carbons (Fsp3) is 0.308. The van der Waals surface area contributed by atoms with Crippen molar-refractivity contribution in [2.75, 3.05) is 38.1 Å². The maximum atomic E-state index is 12.0. The third-order valence-electron chi connectivity index (χ3n) is 2.97. The summed E-state index contributed by atoms with van der Waals surface area (Å²) in [6.07, 6.45) is 1.11. The third kappa shape index (κ3) is 2.66. The van der Waals surface area contributed by atoms with E-state index in [2.05, 4.69) is 5.10 Å². The first kappa shape index (κ1) is 15.2. The van der Waals surface area contributed by atoms with Crippen molar-refractivity contribution < 1.29 is 13.2 Å². The number of nitrogen functional groups attached to an aromatic ring is 1. The van der Waals surface area contributed by atoms with Gasteiger partial charge in [0.2, 0.25) is 0 Å². The van der Waals surface area contributed by atoms with Crippen LogP contribution in [0.2, 0.25) is 0 Å². The lowest BCUT2D eigenvalue weighted by Crippen LogP contribution is -2.13. The summed E-state index contributed by atoms with van der Waals surface area (Å²) in [4.78, 5) is 1.62. The van der Waals surface area contributed by atoms with Crippen LogP contribution in [-0.2, 0) is 9.84 Å². The van der Waals surface area contributed by atoms with E-state index < -0.39 is 9.84 Å². The maximum Gasteiger partial charge on any atom is 0.182 e. The molecular formula is C13H18N4O3S. The molecule has 0 bridgehead atoms. The van der Waals surface area contributed by atoms with Gasteiger partial charge in [-0.3, -0.25) is 0 Å². The van der Waals surface area contributed by atoms with Gasteiger partial charge in [0.15, 0.2) is 20.6 Å². The van der Waals surface area contributed by atoms with Gasteiger partial charge in [-0.15, -0.1) is 5.10 Å². The molecule has 0 saturated carbocycles. The quantitative estimate of drug-likeness (QED) is 0.903. The number of rotatable bonds is 4. The predicted molar refractivity (Wildman–Crippen MR) is 82.0 cm³/mol. The van der Waals surface area contributed by atoms with Crippen LogP contribution in [0.1, 0.15) is 0 Å². The molecule has 0 spiro atoms. The van der Waals surface area contributed by atoms with Gasteiger partial charge in [0, 0.05) is 20.4 Å². The van der Waals surface area contributed by atoms with Crippen molar-refractivity contribution in [2.45, 2.75) is 4.90 Å². The first-order chi connectivity index (χ1) is 9.77. The van der Waals surface area contributed by atoms with Crippen LogP contribution in [0.3, 0.4) is 0 Å². The first-order valence-corrected chi connectivity index (χ1v) is 8.05. The number of sulfone groups is 1. The topological polar surface area (TPSA) is 90.5 Å². The van der Waals surface area contributed by atoms with Crippen LogP contribution < -0.4 is 15.4 Å². The van der Waals surface area contributed by atoms with Gasteiger partial charge in [-0.25, -0.2) is 13.1 Å². The average molecular weight is 310 g/mol. The number of ether oxygens (including phenoxy) is 1. The molecule has 0 amide bonds. The van der Waals surface area contributed by atoms with E-state index in [1.165, 1.54) is 11.8 Å². The Morgan fingerprint density at radius 2 is 1.90 bits per heavy atom. The van der Waals surface area contributed by atoms with Crippen molar-refractivity contribution >= 4 is 21.5 Å². The van der Waals surface area contributed by atoms with Gasteiger partial charge < -0.3 is 15.4 Å². The van der Waals surface area contributed by atoms with Gasteiger partial charge in [0.1, 0.15) is 17.3 Å². The highest BCUT2D eigenvalue weighted by Gasteiger charge is 2.26. The molecule has 7 nitrogen and oxygen atoms in total. The molecule has 0 aliphatic rings. The standard InChI is InChI=1S/C13H18N4O3S/c1-16(2)13-11(21(4,18)19)12(14)17(15-13)9-7-5-6-8-10(9)20-3/h5-8H,14H2,1-4H3. The van der Waals surface area contributed by atoms with Crippen LogP contribution in [0.15, 0.2) is 29.2 Å². The van der Waals surface area contributed by atoms with E-state index in [9.17, 15) is 8.42 Å². The molecule has 8 heteroatoms. The molecule has 0 aliphatic carbocycles. The van der Waals surface area contributed by atoms with E-state index in [0.717, 1.165) is 6.26 Å². The second-order valence-corrected chi connectivity index (χ2v) is 6.74. The Labute approximate surface area is 123 Å². The van der Waals surface area contributed by atoms with E-state index in [1.807, 2.05) is 6.07 Å². The van der Waals surface area contributed by atoms with Gasteiger partial charge in [-0.05, 0) is 12.1 Å². The van der Waals surface area contributed by atoms with Crippen molar-refractivity contribution in [1.82, 2.24) is 9.78 Å². The smallest absolute Gasteiger partial charge is 0.182 e. The average Bonchev–Trinajstić information content (AvgIpc) is 2.76. The molecule has 0 aliphatic heterocycles. The second-order valence-electron chi connectivity index (χ2n) is 4.79. The minimum Gasteiger partial charge on any atom is -0.494 e. The second kappa shape index (κ2) is 5.28. The summed E-state index contributed by atoms with van der Waals surface area (Å²) in [5.41, 5.74) is 6.60. The lowest BCUT2D eigenvalue weighted by molar-refractivity contribution is 0.412. The van der Waals surface area contributed by atoms with Crippen molar-refractivity contribution in [3.8, 4) is 11.4 Å². The van der Waals surface area contributed by atoms with E-state index in [-0.39, 0.29) is 10.7 Å². The molecule has 114 valence electrons. The Bertz CT molecular complexity index is 766. The summed E-state index contributed by atoms with van der Waals surface area (Å²) in [5, 5.41) is 4.31. The number of nitrogens with zero attached hydrogens (tertiary/aromatic N) is 3. The van der Waals surface area contributed by atoms with Crippen molar-refractivity contribution in [1.29, 1.82) is 0 Å². The van der Waals surface area contributed by atoms with Crippen LogP contribution in [0, 0.1) is 0 Å². The van der Waals surface area contributed by atoms with Crippen LogP contribution >= 0.6 is 0 Å². The fourth-order valence-electron chi connectivity index (χ4n) is 2.04. The molecule has 0 unspecified atom stereocenters. The van der Waals surface area contributed by atoms with E-state index in [0.29, 0.717) is 17.3 Å². The minimum atomic E-state index is -3.51. The molecule has 2 rings (SSSR count). The summed E-state index contributed by atoms with van der Waals surface area (Å²) >= 11 is 0.